The summed E-state index contributed by atoms with van der Waals surface area (Å²) in [5.41, 5.74) is 1.27. The highest BCUT2D eigenvalue weighted by molar-refractivity contribution is 8.00. The Morgan fingerprint density at radius 2 is 2.26 bits per heavy atom. The highest BCUT2D eigenvalue weighted by atomic mass is 32.2. The zero-order chi connectivity index (χ0) is 13.9. The predicted molar refractivity (Wildman–Crippen MR) is 77.8 cm³/mol. The van der Waals surface area contributed by atoms with E-state index in [0.717, 1.165) is 18.6 Å². The Morgan fingerprint density at radius 3 is 2.89 bits per heavy atom. The molecule has 0 aliphatic carbocycles. The van der Waals surface area contributed by atoms with E-state index < -0.39 is 10.0 Å². The smallest absolute Gasteiger partial charge is 0.240 e. The molecule has 2 rings (SSSR count). The van der Waals surface area contributed by atoms with Crippen molar-refractivity contribution in [3.05, 3.63) is 29.3 Å². The molecule has 0 spiro atoms. The number of nitrogens with one attached hydrogen (secondary N) is 1. The van der Waals surface area contributed by atoms with Crippen LogP contribution in [0.4, 0.5) is 0 Å². The van der Waals surface area contributed by atoms with Crippen LogP contribution in [0, 0.1) is 6.92 Å². The molecule has 1 aromatic rings. The highest BCUT2D eigenvalue weighted by Gasteiger charge is 2.21. The van der Waals surface area contributed by atoms with E-state index in [1.54, 1.807) is 25.1 Å². The average molecular weight is 301 g/mol. The average Bonchev–Trinajstić information content (AvgIpc) is 2.90. The first-order chi connectivity index (χ1) is 9.04. The Morgan fingerprint density at radius 1 is 1.47 bits per heavy atom. The van der Waals surface area contributed by atoms with E-state index >= 15 is 0 Å². The van der Waals surface area contributed by atoms with Crippen molar-refractivity contribution in [2.45, 2.75) is 36.5 Å². The van der Waals surface area contributed by atoms with Crippen LogP contribution in [0.15, 0.2) is 23.1 Å². The molecule has 1 atom stereocenters. The van der Waals surface area contributed by atoms with Gasteiger partial charge in [0.1, 0.15) is 0 Å². The summed E-state index contributed by atoms with van der Waals surface area (Å²) in [6.07, 6.45) is 2.24. The van der Waals surface area contributed by atoms with Crippen molar-refractivity contribution in [2.24, 2.45) is 0 Å². The Kier molecular flexibility index (Phi) is 4.89. The van der Waals surface area contributed by atoms with Crippen LogP contribution in [0.1, 0.15) is 24.0 Å². The van der Waals surface area contributed by atoms with Crippen LogP contribution in [-0.4, -0.2) is 31.1 Å². The maximum Gasteiger partial charge on any atom is 0.240 e. The molecule has 0 bridgehead atoms. The minimum atomic E-state index is -3.49. The number of sulfonamides is 1. The molecule has 4 nitrogen and oxygen atoms in total. The molecule has 2 N–H and O–H groups in total. The first-order valence-electron chi connectivity index (χ1n) is 6.35. The zero-order valence-electron chi connectivity index (χ0n) is 10.9. The van der Waals surface area contributed by atoms with Crippen LogP contribution in [0.25, 0.3) is 0 Å². The molecule has 19 heavy (non-hydrogen) atoms. The summed E-state index contributed by atoms with van der Waals surface area (Å²) in [5, 5.41) is 9.58. The lowest BCUT2D eigenvalue weighted by molar-refractivity contribution is 0.280. The zero-order valence-corrected chi connectivity index (χ0v) is 12.6. The second kappa shape index (κ2) is 6.26. The van der Waals surface area contributed by atoms with Gasteiger partial charge in [-0.05, 0) is 42.7 Å². The summed E-state index contributed by atoms with van der Waals surface area (Å²) < 4.78 is 27.2. The van der Waals surface area contributed by atoms with Gasteiger partial charge < -0.3 is 5.11 Å². The van der Waals surface area contributed by atoms with Gasteiger partial charge in [-0.25, -0.2) is 13.1 Å². The summed E-state index contributed by atoms with van der Waals surface area (Å²) >= 11 is 1.82. The molecule has 0 saturated carbocycles. The van der Waals surface area contributed by atoms with Crippen molar-refractivity contribution in [1.29, 1.82) is 0 Å². The molecule has 1 heterocycles. The molecular formula is C13H19NO3S2. The van der Waals surface area contributed by atoms with E-state index in [1.165, 1.54) is 0 Å². The summed E-state index contributed by atoms with van der Waals surface area (Å²) in [7, 11) is -3.49. The van der Waals surface area contributed by atoms with Crippen LogP contribution in [0.2, 0.25) is 0 Å². The minimum absolute atomic E-state index is 0.145. The van der Waals surface area contributed by atoms with Crippen LogP contribution >= 0.6 is 11.8 Å². The maximum absolute atomic E-state index is 12.3. The number of aliphatic hydroxyl groups excluding tert-OH is 1. The van der Waals surface area contributed by atoms with Crippen molar-refractivity contribution >= 4 is 21.8 Å². The Hall–Kier alpha value is -0.560. The van der Waals surface area contributed by atoms with Gasteiger partial charge in [0.25, 0.3) is 0 Å². The van der Waals surface area contributed by atoms with E-state index in [0.29, 0.717) is 22.9 Å². The number of aliphatic hydroxyl groups is 1. The molecule has 0 aromatic heterocycles. The van der Waals surface area contributed by atoms with Crippen LogP contribution in [0.5, 0.6) is 0 Å². The lowest BCUT2D eigenvalue weighted by Gasteiger charge is -2.13. The molecule has 1 aromatic carbocycles. The minimum Gasteiger partial charge on any atom is -0.392 e. The quantitative estimate of drug-likeness (QED) is 0.868. The van der Waals surface area contributed by atoms with Gasteiger partial charge in [-0.15, -0.1) is 0 Å². The summed E-state index contributed by atoms with van der Waals surface area (Å²) in [4.78, 5) is 0.266. The summed E-state index contributed by atoms with van der Waals surface area (Å²) in [6, 6.07) is 4.98. The maximum atomic E-state index is 12.3. The fourth-order valence-corrected chi connectivity index (χ4v) is 4.88. The number of benzene rings is 1. The van der Waals surface area contributed by atoms with E-state index in [2.05, 4.69) is 4.72 Å². The van der Waals surface area contributed by atoms with Crippen LogP contribution in [0.3, 0.4) is 0 Å². The third-order valence-corrected chi connectivity index (χ3v) is 6.35. The monoisotopic (exact) mass is 301 g/mol. The van der Waals surface area contributed by atoms with Gasteiger partial charge in [-0.1, -0.05) is 12.1 Å². The van der Waals surface area contributed by atoms with Gasteiger partial charge in [0.15, 0.2) is 0 Å². The molecule has 1 unspecified atom stereocenters. The molecule has 0 radical (unpaired) electrons. The fourth-order valence-electron chi connectivity index (χ4n) is 2.21. The molecular weight excluding hydrogens is 282 g/mol. The summed E-state index contributed by atoms with van der Waals surface area (Å²) in [6.45, 7) is 2.06. The topological polar surface area (TPSA) is 66.4 Å². The molecule has 1 aliphatic heterocycles. The van der Waals surface area contributed by atoms with Crippen molar-refractivity contribution in [1.82, 2.24) is 4.72 Å². The van der Waals surface area contributed by atoms with Crippen LogP contribution < -0.4 is 4.72 Å². The SMILES string of the molecule is Cc1c(CO)cccc1S(=O)(=O)NCC1CCCS1. The Balaban J connectivity index is 2.14. The van der Waals surface area contributed by atoms with Crippen LogP contribution in [-0.2, 0) is 16.6 Å². The number of hydrogen-bond acceptors (Lipinski definition) is 4. The Labute approximate surface area is 118 Å². The van der Waals surface area contributed by atoms with E-state index in [9.17, 15) is 13.5 Å². The molecule has 106 valence electrons. The van der Waals surface area contributed by atoms with Crippen molar-refractivity contribution in [2.75, 3.05) is 12.3 Å². The van der Waals surface area contributed by atoms with Gasteiger partial charge in [0, 0.05) is 11.8 Å². The fraction of sp³-hybridized carbons (Fsp3) is 0.538. The van der Waals surface area contributed by atoms with Crippen molar-refractivity contribution < 1.29 is 13.5 Å². The standard InChI is InChI=1S/C13H19NO3S2/c1-10-11(9-15)4-2-6-13(10)19(16,17)14-8-12-5-3-7-18-12/h2,4,6,12,14-15H,3,5,7-9H2,1H3. The molecule has 1 saturated heterocycles. The number of hydrogen-bond donors (Lipinski definition) is 2. The summed E-state index contributed by atoms with van der Waals surface area (Å²) in [5.74, 6) is 1.12. The van der Waals surface area contributed by atoms with Gasteiger partial charge in [0.2, 0.25) is 10.0 Å². The van der Waals surface area contributed by atoms with Crippen molar-refractivity contribution in [3.8, 4) is 0 Å². The largest absolute Gasteiger partial charge is 0.392 e. The second-order valence-electron chi connectivity index (χ2n) is 4.69. The molecule has 6 heteroatoms. The second-order valence-corrected chi connectivity index (χ2v) is 7.83. The Bertz CT molecular complexity index is 537. The first kappa shape index (κ1) is 14.8. The predicted octanol–water partition coefficient (Wildman–Crippen LogP) is 1.66. The van der Waals surface area contributed by atoms with Gasteiger partial charge >= 0.3 is 0 Å². The molecule has 1 aliphatic rings. The van der Waals surface area contributed by atoms with E-state index in [1.807, 2.05) is 11.8 Å². The third kappa shape index (κ3) is 3.51. The lowest BCUT2D eigenvalue weighted by Crippen LogP contribution is -2.30. The molecule has 1 fully saturated rings. The third-order valence-electron chi connectivity index (χ3n) is 3.38. The van der Waals surface area contributed by atoms with Gasteiger partial charge in [-0.3, -0.25) is 0 Å². The van der Waals surface area contributed by atoms with Gasteiger partial charge in [0.05, 0.1) is 11.5 Å². The first-order valence-corrected chi connectivity index (χ1v) is 8.88. The lowest BCUT2D eigenvalue weighted by atomic mass is 10.1. The normalized spacial score (nSPS) is 19.8. The molecule has 0 amide bonds. The van der Waals surface area contributed by atoms with Gasteiger partial charge in [-0.2, -0.15) is 11.8 Å². The highest BCUT2D eigenvalue weighted by Crippen LogP contribution is 2.26. The number of rotatable bonds is 5. The number of thioether (sulfide) groups is 1. The van der Waals surface area contributed by atoms with Crippen molar-refractivity contribution in [3.63, 3.8) is 0 Å². The van der Waals surface area contributed by atoms with E-state index in [-0.39, 0.29) is 11.5 Å². The van der Waals surface area contributed by atoms with E-state index in [4.69, 9.17) is 0 Å².